The van der Waals surface area contributed by atoms with Crippen LogP contribution in [0.4, 0.5) is 11.4 Å². The summed E-state index contributed by atoms with van der Waals surface area (Å²) in [7, 11) is 0. The summed E-state index contributed by atoms with van der Waals surface area (Å²) < 4.78 is 0. The molecule has 0 aliphatic carbocycles. The second-order valence-electron chi connectivity index (χ2n) is 5.18. The highest BCUT2D eigenvalue weighted by Crippen LogP contribution is 2.28. The second kappa shape index (κ2) is 5.37. The van der Waals surface area contributed by atoms with E-state index in [9.17, 15) is 4.79 Å². The highest BCUT2D eigenvalue weighted by atomic mass is 16.1. The van der Waals surface area contributed by atoms with Gasteiger partial charge in [-0.1, -0.05) is 30.3 Å². The van der Waals surface area contributed by atoms with Gasteiger partial charge in [0, 0.05) is 31.4 Å². The molecule has 0 aromatic heterocycles. The van der Waals surface area contributed by atoms with Crippen LogP contribution in [-0.2, 0) is 17.8 Å². The van der Waals surface area contributed by atoms with E-state index in [0.29, 0.717) is 0 Å². The summed E-state index contributed by atoms with van der Waals surface area (Å²) in [5.74, 6) is -0.0359. The minimum atomic E-state index is -0.0359. The maximum atomic E-state index is 11.0. The van der Waals surface area contributed by atoms with Gasteiger partial charge in [-0.2, -0.15) is 0 Å². The van der Waals surface area contributed by atoms with Gasteiger partial charge in [0.1, 0.15) is 0 Å². The van der Waals surface area contributed by atoms with E-state index in [1.165, 1.54) is 23.7 Å². The third-order valence-electron chi connectivity index (χ3n) is 3.63. The molecule has 1 heterocycles. The zero-order valence-corrected chi connectivity index (χ0v) is 11.6. The number of hydrogen-bond donors (Lipinski definition) is 1. The smallest absolute Gasteiger partial charge is 0.221 e. The number of benzene rings is 2. The second-order valence-corrected chi connectivity index (χ2v) is 5.18. The number of hydrogen-bond acceptors (Lipinski definition) is 2. The van der Waals surface area contributed by atoms with Gasteiger partial charge in [-0.25, -0.2) is 0 Å². The number of nitrogens with one attached hydrogen (secondary N) is 1. The summed E-state index contributed by atoms with van der Waals surface area (Å²) in [4.78, 5) is 13.4. The minimum absolute atomic E-state index is 0.0359. The lowest BCUT2D eigenvalue weighted by atomic mass is 10.1. The summed E-state index contributed by atoms with van der Waals surface area (Å²) in [6.45, 7) is 3.51. The van der Waals surface area contributed by atoms with Gasteiger partial charge in [0.05, 0.1) is 0 Å². The lowest BCUT2D eigenvalue weighted by molar-refractivity contribution is -0.114. The fourth-order valence-electron chi connectivity index (χ4n) is 2.69. The van der Waals surface area contributed by atoms with E-state index in [2.05, 4.69) is 46.6 Å². The molecule has 1 amide bonds. The molecule has 1 N–H and O–H groups in total. The van der Waals surface area contributed by atoms with Crippen LogP contribution in [0.1, 0.15) is 18.1 Å². The summed E-state index contributed by atoms with van der Waals surface area (Å²) >= 11 is 0. The van der Waals surface area contributed by atoms with Crippen LogP contribution in [0.5, 0.6) is 0 Å². The normalized spacial score (nSPS) is 13.2. The number of nitrogens with zero attached hydrogens (tertiary/aromatic N) is 1. The number of rotatable bonds is 3. The van der Waals surface area contributed by atoms with Crippen molar-refractivity contribution in [2.75, 3.05) is 16.8 Å². The topological polar surface area (TPSA) is 32.3 Å². The zero-order chi connectivity index (χ0) is 13.9. The van der Waals surface area contributed by atoms with Crippen LogP contribution in [0.15, 0.2) is 48.5 Å². The molecule has 0 unspecified atom stereocenters. The maximum Gasteiger partial charge on any atom is 0.221 e. The average Bonchev–Trinajstić information content (AvgIpc) is 2.84. The van der Waals surface area contributed by atoms with Crippen LogP contribution in [0, 0.1) is 0 Å². The monoisotopic (exact) mass is 266 g/mol. The average molecular weight is 266 g/mol. The van der Waals surface area contributed by atoms with E-state index in [0.717, 1.165) is 25.2 Å². The minimum Gasteiger partial charge on any atom is -0.367 e. The summed E-state index contributed by atoms with van der Waals surface area (Å²) in [5, 5.41) is 2.79. The molecule has 0 saturated carbocycles. The largest absolute Gasteiger partial charge is 0.367 e. The van der Waals surface area contributed by atoms with E-state index < -0.39 is 0 Å². The first kappa shape index (κ1) is 12.7. The first-order valence-corrected chi connectivity index (χ1v) is 6.92. The quantitative estimate of drug-likeness (QED) is 0.925. The van der Waals surface area contributed by atoms with Crippen LogP contribution in [-0.4, -0.2) is 12.5 Å². The molecule has 102 valence electrons. The standard InChI is InChI=1S/C17H18N2O/c1-13(20)18-16-8-6-14(7-9-16)12-19-11-10-15-4-2-3-5-17(15)19/h2-9H,10-12H2,1H3,(H,18,20). The van der Waals surface area contributed by atoms with Crippen molar-refractivity contribution in [3.63, 3.8) is 0 Å². The van der Waals surface area contributed by atoms with Crippen molar-refractivity contribution in [2.45, 2.75) is 19.9 Å². The summed E-state index contributed by atoms with van der Waals surface area (Å²) in [6.07, 6.45) is 1.13. The SMILES string of the molecule is CC(=O)Nc1ccc(CN2CCc3ccccc32)cc1. The van der Waals surface area contributed by atoms with Gasteiger partial charge in [-0.15, -0.1) is 0 Å². The summed E-state index contributed by atoms with van der Waals surface area (Å²) in [5.41, 5.74) is 4.89. The van der Waals surface area contributed by atoms with E-state index in [-0.39, 0.29) is 5.91 Å². The Morgan fingerprint density at radius 1 is 1.15 bits per heavy atom. The van der Waals surface area contributed by atoms with Crippen LogP contribution >= 0.6 is 0 Å². The molecule has 0 atom stereocenters. The van der Waals surface area contributed by atoms with Crippen LogP contribution < -0.4 is 10.2 Å². The molecule has 2 aromatic rings. The Balaban J connectivity index is 1.71. The Morgan fingerprint density at radius 3 is 2.65 bits per heavy atom. The van der Waals surface area contributed by atoms with Gasteiger partial charge >= 0.3 is 0 Å². The lowest BCUT2D eigenvalue weighted by Crippen LogP contribution is -2.19. The molecule has 1 aliphatic rings. The van der Waals surface area contributed by atoms with Crippen molar-refractivity contribution in [1.82, 2.24) is 0 Å². The predicted octanol–water partition coefficient (Wildman–Crippen LogP) is 3.21. The van der Waals surface area contributed by atoms with Gasteiger partial charge < -0.3 is 10.2 Å². The van der Waals surface area contributed by atoms with E-state index in [1.807, 2.05) is 12.1 Å². The van der Waals surface area contributed by atoms with Crippen LogP contribution in [0.2, 0.25) is 0 Å². The van der Waals surface area contributed by atoms with E-state index in [1.54, 1.807) is 0 Å². The number of anilines is 2. The molecule has 0 bridgehead atoms. The lowest BCUT2D eigenvalue weighted by Gasteiger charge is -2.19. The van der Waals surface area contributed by atoms with Crippen LogP contribution in [0.25, 0.3) is 0 Å². The Morgan fingerprint density at radius 2 is 1.90 bits per heavy atom. The van der Waals surface area contributed by atoms with Crippen molar-refractivity contribution in [1.29, 1.82) is 0 Å². The fourth-order valence-corrected chi connectivity index (χ4v) is 2.69. The third-order valence-corrected chi connectivity index (χ3v) is 3.63. The molecule has 2 aromatic carbocycles. The molecule has 20 heavy (non-hydrogen) atoms. The molecule has 3 rings (SSSR count). The van der Waals surface area contributed by atoms with Crippen molar-refractivity contribution in [2.24, 2.45) is 0 Å². The van der Waals surface area contributed by atoms with Crippen molar-refractivity contribution in [3.8, 4) is 0 Å². The van der Waals surface area contributed by atoms with Gasteiger partial charge in [-0.3, -0.25) is 4.79 Å². The number of amides is 1. The molecule has 3 heteroatoms. The maximum absolute atomic E-state index is 11.0. The first-order chi connectivity index (χ1) is 9.72. The number of carbonyl (C=O) groups is 1. The Kier molecular flexibility index (Phi) is 3.42. The highest BCUT2D eigenvalue weighted by molar-refractivity contribution is 5.88. The molecular formula is C17H18N2O. The number of carbonyl (C=O) groups excluding carboxylic acids is 1. The van der Waals surface area contributed by atoms with Crippen molar-refractivity contribution >= 4 is 17.3 Å². The van der Waals surface area contributed by atoms with Gasteiger partial charge in [-0.05, 0) is 35.7 Å². The molecule has 0 saturated heterocycles. The molecule has 1 aliphatic heterocycles. The third kappa shape index (κ3) is 2.67. The van der Waals surface area contributed by atoms with Crippen molar-refractivity contribution < 1.29 is 4.79 Å². The van der Waals surface area contributed by atoms with Crippen LogP contribution in [0.3, 0.4) is 0 Å². The van der Waals surface area contributed by atoms with Gasteiger partial charge in [0.2, 0.25) is 5.91 Å². The first-order valence-electron chi connectivity index (χ1n) is 6.92. The van der Waals surface area contributed by atoms with E-state index >= 15 is 0 Å². The van der Waals surface area contributed by atoms with E-state index in [4.69, 9.17) is 0 Å². The molecule has 3 nitrogen and oxygen atoms in total. The zero-order valence-electron chi connectivity index (χ0n) is 11.6. The predicted molar refractivity (Wildman–Crippen MR) is 81.9 cm³/mol. The Labute approximate surface area is 119 Å². The molecule has 0 fully saturated rings. The Bertz CT molecular complexity index is 619. The molecular weight excluding hydrogens is 248 g/mol. The van der Waals surface area contributed by atoms with Crippen molar-refractivity contribution in [3.05, 3.63) is 59.7 Å². The Hall–Kier alpha value is -2.29. The van der Waals surface area contributed by atoms with Gasteiger partial charge in [0.15, 0.2) is 0 Å². The fraction of sp³-hybridized carbons (Fsp3) is 0.235. The highest BCUT2D eigenvalue weighted by Gasteiger charge is 2.17. The van der Waals surface area contributed by atoms with Gasteiger partial charge in [0.25, 0.3) is 0 Å². The number of para-hydroxylation sites is 1. The summed E-state index contributed by atoms with van der Waals surface area (Å²) in [6, 6.07) is 16.7. The number of fused-ring (bicyclic) bond motifs is 1. The molecule has 0 spiro atoms. The molecule has 0 radical (unpaired) electrons.